The maximum Gasteiger partial charge on any atom is 0.0137 e. The van der Waals surface area contributed by atoms with Crippen LogP contribution in [0.2, 0.25) is 0 Å². The van der Waals surface area contributed by atoms with Gasteiger partial charge in [-0.25, -0.2) is 0 Å². The predicted molar refractivity (Wildman–Crippen MR) is 94.3 cm³/mol. The summed E-state index contributed by atoms with van der Waals surface area (Å²) < 4.78 is 0. The molecule has 1 rings (SSSR count). The van der Waals surface area contributed by atoms with Gasteiger partial charge in [-0.15, -0.1) is 11.3 Å². The summed E-state index contributed by atoms with van der Waals surface area (Å²) in [6.07, 6.45) is 3.69. The summed E-state index contributed by atoms with van der Waals surface area (Å²) in [5.74, 6) is 0.781. The quantitative estimate of drug-likeness (QED) is 0.595. The number of rotatable bonds is 4. The van der Waals surface area contributed by atoms with Gasteiger partial charge >= 0.3 is 0 Å². The van der Waals surface area contributed by atoms with Crippen molar-refractivity contribution in [3.05, 3.63) is 20.9 Å². The van der Waals surface area contributed by atoms with Crippen LogP contribution in [-0.2, 0) is 23.7 Å². The average molecular weight is 295 g/mol. The molecule has 1 unspecified atom stereocenters. The maximum atomic E-state index is 2.39. The zero-order chi connectivity index (χ0) is 15.7. The molecule has 0 aliphatic heterocycles. The molecule has 1 heteroatoms. The monoisotopic (exact) mass is 294 g/mol. The molecule has 0 fully saturated rings. The van der Waals surface area contributed by atoms with Gasteiger partial charge in [0, 0.05) is 9.75 Å². The topological polar surface area (TPSA) is 0 Å². The minimum atomic E-state index is 0.265. The Morgan fingerprint density at radius 2 is 1.30 bits per heavy atom. The molecule has 0 N–H and O–H groups in total. The highest BCUT2D eigenvalue weighted by atomic mass is 32.1. The summed E-state index contributed by atoms with van der Waals surface area (Å²) in [5.41, 5.74) is 3.85. The summed E-state index contributed by atoms with van der Waals surface area (Å²) in [4.78, 5) is 3.24. The summed E-state index contributed by atoms with van der Waals surface area (Å²) in [7, 11) is 0. The Labute approximate surface area is 131 Å². The summed E-state index contributed by atoms with van der Waals surface area (Å²) in [6.45, 7) is 21.2. The second kappa shape index (κ2) is 6.22. The Balaban J connectivity index is 3.47. The molecule has 1 atom stereocenters. The molecule has 1 aromatic heterocycles. The Kier molecular flexibility index (Phi) is 5.52. The van der Waals surface area contributed by atoms with Crippen LogP contribution in [0, 0.1) is 5.92 Å². The molecule has 0 saturated heterocycles. The molecule has 0 aliphatic rings. The van der Waals surface area contributed by atoms with E-state index >= 15 is 0 Å². The van der Waals surface area contributed by atoms with Crippen LogP contribution in [0.1, 0.15) is 89.6 Å². The van der Waals surface area contributed by atoms with Gasteiger partial charge in [-0.2, -0.15) is 0 Å². The van der Waals surface area contributed by atoms with Crippen molar-refractivity contribution < 1.29 is 0 Å². The molecule has 0 saturated carbocycles. The first kappa shape index (κ1) is 17.8. The Morgan fingerprint density at radius 1 is 0.850 bits per heavy atom. The van der Waals surface area contributed by atoms with E-state index in [0.29, 0.717) is 0 Å². The molecule has 0 aromatic carbocycles. The van der Waals surface area contributed by atoms with Gasteiger partial charge in [-0.1, -0.05) is 68.7 Å². The third-order valence-corrected chi connectivity index (χ3v) is 6.21. The molecule has 0 amide bonds. The fraction of sp³-hybridized carbons (Fsp3) is 0.789. The molecule has 0 radical (unpaired) electrons. The highest BCUT2D eigenvalue weighted by Crippen LogP contribution is 2.43. The zero-order valence-corrected chi connectivity index (χ0v) is 15.9. The van der Waals surface area contributed by atoms with Crippen molar-refractivity contribution in [1.82, 2.24) is 0 Å². The fourth-order valence-electron chi connectivity index (χ4n) is 2.79. The first-order chi connectivity index (χ1) is 9.02. The standard InChI is InChI=1S/C19H34S/c1-10-13(3)12-15-14(11-2)16(18(4,5)6)20-17(15)19(7,8)9/h13H,10-12H2,1-9H3. The first-order valence-electron chi connectivity index (χ1n) is 8.17. The smallest absolute Gasteiger partial charge is 0.0137 e. The molecule has 0 nitrogen and oxygen atoms in total. The van der Waals surface area contributed by atoms with Crippen LogP contribution in [0.4, 0.5) is 0 Å². The highest BCUT2D eigenvalue weighted by molar-refractivity contribution is 7.12. The van der Waals surface area contributed by atoms with Crippen molar-refractivity contribution in [1.29, 1.82) is 0 Å². The average Bonchev–Trinajstić information content (AvgIpc) is 2.66. The van der Waals surface area contributed by atoms with Gasteiger partial charge in [-0.3, -0.25) is 0 Å². The Morgan fingerprint density at radius 3 is 1.65 bits per heavy atom. The van der Waals surface area contributed by atoms with E-state index in [1.807, 2.05) is 0 Å². The van der Waals surface area contributed by atoms with Crippen molar-refractivity contribution in [3.8, 4) is 0 Å². The molecule has 1 aromatic rings. The summed E-state index contributed by atoms with van der Waals surface area (Å²) in [5, 5.41) is 0. The van der Waals surface area contributed by atoms with Crippen molar-refractivity contribution in [2.75, 3.05) is 0 Å². The molecular weight excluding hydrogens is 260 g/mol. The van der Waals surface area contributed by atoms with Crippen LogP contribution >= 0.6 is 11.3 Å². The molecule has 0 aliphatic carbocycles. The van der Waals surface area contributed by atoms with Gasteiger partial charge in [0.25, 0.3) is 0 Å². The van der Waals surface area contributed by atoms with E-state index in [2.05, 4.69) is 73.7 Å². The number of thiophene rings is 1. The fourth-order valence-corrected chi connectivity index (χ4v) is 4.33. The second-order valence-corrected chi connectivity index (χ2v) is 9.31. The van der Waals surface area contributed by atoms with Gasteiger partial charge in [0.1, 0.15) is 0 Å². The van der Waals surface area contributed by atoms with E-state index in [-0.39, 0.29) is 10.8 Å². The third-order valence-electron chi connectivity index (χ3n) is 4.08. The lowest BCUT2D eigenvalue weighted by molar-refractivity contribution is 0.537. The molecule has 0 bridgehead atoms. The van der Waals surface area contributed by atoms with Gasteiger partial charge in [0.05, 0.1) is 0 Å². The predicted octanol–water partition coefficient (Wildman–Crippen LogP) is 6.49. The van der Waals surface area contributed by atoms with Gasteiger partial charge < -0.3 is 0 Å². The van der Waals surface area contributed by atoms with Crippen LogP contribution in [-0.4, -0.2) is 0 Å². The summed E-state index contributed by atoms with van der Waals surface area (Å²) in [6, 6.07) is 0. The minimum absolute atomic E-state index is 0.265. The van der Waals surface area contributed by atoms with E-state index in [4.69, 9.17) is 0 Å². The Bertz CT molecular complexity index is 438. The highest BCUT2D eigenvalue weighted by Gasteiger charge is 2.30. The lowest BCUT2D eigenvalue weighted by Crippen LogP contribution is -2.14. The van der Waals surface area contributed by atoms with Crippen molar-refractivity contribution >= 4 is 11.3 Å². The van der Waals surface area contributed by atoms with E-state index in [0.717, 1.165) is 5.92 Å². The lowest BCUT2D eigenvalue weighted by atomic mass is 9.83. The van der Waals surface area contributed by atoms with Gasteiger partial charge in [0.2, 0.25) is 0 Å². The van der Waals surface area contributed by atoms with Crippen LogP contribution in [0.25, 0.3) is 0 Å². The van der Waals surface area contributed by atoms with Gasteiger partial charge in [0.15, 0.2) is 0 Å². The lowest BCUT2D eigenvalue weighted by Gasteiger charge is -2.21. The SMILES string of the molecule is CCc1c(C(C)(C)C)sc(C(C)(C)C)c1CC(C)CC. The number of hydrogen-bond acceptors (Lipinski definition) is 1. The van der Waals surface area contributed by atoms with Crippen molar-refractivity contribution in [2.45, 2.75) is 92.4 Å². The van der Waals surface area contributed by atoms with E-state index in [1.165, 1.54) is 19.3 Å². The molecule has 0 spiro atoms. The van der Waals surface area contributed by atoms with Crippen molar-refractivity contribution in [2.24, 2.45) is 5.92 Å². The zero-order valence-electron chi connectivity index (χ0n) is 15.1. The molecule has 20 heavy (non-hydrogen) atoms. The maximum absolute atomic E-state index is 2.39. The third kappa shape index (κ3) is 3.87. The van der Waals surface area contributed by atoms with Gasteiger partial charge in [-0.05, 0) is 40.7 Å². The Hall–Kier alpha value is -0.300. The van der Waals surface area contributed by atoms with Crippen LogP contribution in [0.15, 0.2) is 0 Å². The molecule has 116 valence electrons. The minimum Gasteiger partial charge on any atom is -0.144 e. The normalized spacial score (nSPS) is 14.7. The second-order valence-electron chi connectivity index (χ2n) is 8.29. The van der Waals surface area contributed by atoms with E-state index < -0.39 is 0 Å². The molecule has 1 heterocycles. The van der Waals surface area contributed by atoms with Crippen molar-refractivity contribution in [3.63, 3.8) is 0 Å². The molecular formula is C19H34S. The van der Waals surface area contributed by atoms with E-state index in [9.17, 15) is 0 Å². The number of hydrogen-bond donors (Lipinski definition) is 0. The van der Waals surface area contributed by atoms with Crippen LogP contribution in [0.3, 0.4) is 0 Å². The van der Waals surface area contributed by atoms with Crippen LogP contribution in [0.5, 0.6) is 0 Å². The van der Waals surface area contributed by atoms with Crippen LogP contribution < -0.4 is 0 Å². The largest absolute Gasteiger partial charge is 0.144 e. The van der Waals surface area contributed by atoms with E-state index in [1.54, 1.807) is 20.9 Å². The first-order valence-corrected chi connectivity index (χ1v) is 8.99. The summed E-state index contributed by atoms with van der Waals surface area (Å²) >= 11 is 2.08.